The molecule has 2 aromatic rings. The first-order chi connectivity index (χ1) is 10.6. The quantitative estimate of drug-likeness (QED) is 0.897. The van der Waals surface area contributed by atoms with Gasteiger partial charge in [0.15, 0.2) is 0 Å². The van der Waals surface area contributed by atoms with Gasteiger partial charge in [0.05, 0.1) is 11.0 Å². The first-order valence-electron chi connectivity index (χ1n) is 7.77. The Bertz CT molecular complexity index is 658. The standard InChI is InChI=1S/C16H23N5O/c1-12-3-4-13-14(11-12)18-16(17-13)19-15(22)5-6-21-9-7-20(2)8-10-21/h3-4,11H,5-10H2,1-2H3,(H2,17,18,19,22). The van der Waals surface area contributed by atoms with Gasteiger partial charge in [-0.15, -0.1) is 0 Å². The van der Waals surface area contributed by atoms with Crippen molar-refractivity contribution in [1.82, 2.24) is 19.8 Å². The summed E-state index contributed by atoms with van der Waals surface area (Å²) in [6.07, 6.45) is 0.500. The molecular weight excluding hydrogens is 278 g/mol. The Morgan fingerprint density at radius 2 is 2.09 bits per heavy atom. The highest BCUT2D eigenvalue weighted by Crippen LogP contribution is 2.15. The fraction of sp³-hybridized carbons (Fsp3) is 0.500. The second-order valence-corrected chi connectivity index (χ2v) is 6.05. The number of aromatic nitrogens is 2. The summed E-state index contributed by atoms with van der Waals surface area (Å²) in [5.41, 5.74) is 3.00. The minimum atomic E-state index is 0.00899. The number of hydrogen-bond donors (Lipinski definition) is 2. The number of carbonyl (C=O) groups is 1. The minimum absolute atomic E-state index is 0.00899. The van der Waals surface area contributed by atoms with Gasteiger partial charge < -0.3 is 14.8 Å². The van der Waals surface area contributed by atoms with E-state index < -0.39 is 0 Å². The molecule has 1 fully saturated rings. The number of rotatable bonds is 4. The fourth-order valence-corrected chi connectivity index (χ4v) is 2.71. The first kappa shape index (κ1) is 15.0. The fourth-order valence-electron chi connectivity index (χ4n) is 2.71. The highest BCUT2D eigenvalue weighted by molar-refractivity contribution is 5.91. The van der Waals surface area contributed by atoms with Crippen molar-refractivity contribution in [2.75, 3.05) is 45.1 Å². The first-order valence-corrected chi connectivity index (χ1v) is 7.77. The van der Waals surface area contributed by atoms with E-state index >= 15 is 0 Å². The molecule has 0 radical (unpaired) electrons. The molecule has 1 amide bonds. The third kappa shape index (κ3) is 3.64. The second-order valence-electron chi connectivity index (χ2n) is 6.05. The van der Waals surface area contributed by atoms with E-state index in [-0.39, 0.29) is 5.91 Å². The number of imidazole rings is 1. The van der Waals surface area contributed by atoms with Gasteiger partial charge in [-0.2, -0.15) is 0 Å². The third-order valence-corrected chi connectivity index (χ3v) is 4.15. The van der Waals surface area contributed by atoms with Gasteiger partial charge in [-0.05, 0) is 31.7 Å². The van der Waals surface area contributed by atoms with E-state index in [9.17, 15) is 4.79 Å². The van der Waals surface area contributed by atoms with Gasteiger partial charge in [0, 0.05) is 39.1 Å². The molecule has 1 saturated heterocycles. The highest BCUT2D eigenvalue weighted by atomic mass is 16.1. The number of benzene rings is 1. The summed E-state index contributed by atoms with van der Waals surface area (Å²) in [5, 5.41) is 2.86. The lowest BCUT2D eigenvalue weighted by atomic mass is 10.2. The summed E-state index contributed by atoms with van der Waals surface area (Å²) in [7, 11) is 2.13. The summed E-state index contributed by atoms with van der Waals surface area (Å²) in [4.78, 5) is 24.2. The number of aromatic amines is 1. The van der Waals surface area contributed by atoms with Crippen molar-refractivity contribution in [3.05, 3.63) is 23.8 Å². The Hall–Kier alpha value is -1.92. The number of carbonyl (C=O) groups excluding carboxylic acids is 1. The van der Waals surface area contributed by atoms with E-state index in [0.717, 1.165) is 43.8 Å². The van der Waals surface area contributed by atoms with Gasteiger partial charge in [0.2, 0.25) is 11.9 Å². The molecule has 1 aromatic carbocycles. The lowest BCUT2D eigenvalue weighted by molar-refractivity contribution is -0.116. The van der Waals surface area contributed by atoms with Crippen molar-refractivity contribution < 1.29 is 4.79 Å². The van der Waals surface area contributed by atoms with Gasteiger partial charge >= 0.3 is 0 Å². The van der Waals surface area contributed by atoms with Crippen molar-refractivity contribution in [3.8, 4) is 0 Å². The van der Waals surface area contributed by atoms with Gasteiger partial charge in [-0.25, -0.2) is 4.98 Å². The molecule has 2 heterocycles. The van der Waals surface area contributed by atoms with E-state index in [1.165, 1.54) is 5.56 Å². The molecule has 0 aliphatic carbocycles. The minimum Gasteiger partial charge on any atom is -0.324 e. The van der Waals surface area contributed by atoms with Crippen LogP contribution in [0.25, 0.3) is 11.0 Å². The van der Waals surface area contributed by atoms with E-state index in [1.807, 2.05) is 25.1 Å². The van der Waals surface area contributed by atoms with Crippen LogP contribution in [0.2, 0.25) is 0 Å². The molecule has 1 aromatic heterocycles. The van der Waals surface area contributed by atoms with Crippen molar-refractivity contribution in [3.63, 3.8) is 0 Å². The number of amides is 1. The van der Waals surface area contributed by atoms with Crippen LogP contribution < -0.4 is 5.32 Å². The van der Waals surface area contributed by atoms with Crippen LogP contribution in [0.15, 0.2) is 18.2 Å². The van der Waals surface area contributed by atoms with E-state index in [1.54, 1.807) is 0 Å². The number of aryl methyl sites for hydroxylation is 1. The van der Waals surface area contributed by atoms with Gasteiger partial charge in [0.1, 0.15) is 0 Å². The largest absolute Gasteiger partial charge is 0.324 e. The molecule has 2 N–H and O–H groups in total. The van der Waals surface area contributed by atoms with Crippen LogP contribution in [0.1, 0.15) is 12.0 Å². The highest BCUT2D eigenvalue weighted by Gasteiger charge is 2.15. The molecule has 118 valence electrons. The van der Waals surface area contributed by atoms with Crippen LogP contribution in [0.5, 0.6) is 0 Å². The Labute approximate surface area is 130 Å². The maximum atomic E-state index is 12.1. The zero-order chi connectivity index (χ0) is 15.5. The lowest BCUT2D eigenvalue weighted by Gasteiger charge is -2.32. The average Bonchev–Trinajstić information content (AvgIpc) is 2.88. The zero-order valence-electron chi connectivity index (χ0n) is 13.2. The van der Waals surface area contributed by atoms with Gasteiger partial charge in [-0.3, -0.25) is 10.1 Å². The van der Waals surface area contributed by atoms with Crippen molar-refractivity contribution in [2.45, 2.75) is 13.3 Å². The SMILES string of the molecule is Cc1ccc2nc(NC(=O)CCN3CCN(C)CC3)[nH]c2c1. The molecule has 0 saturated carbocycles. The van der Waals surface area contributed by atoms with Crippen LogP contribution in [0.4, 0.5) is 5.95 Å². The molecule has 6 nitrogen and oxygen atoms in total. The predicted octanol–water partition coefficient (Wildman–Crippen LogP) is 1.45. The number of H-pyrrole nitrogens is 1. The monoisotopic (exact) mass is 301 g/mol. The van der Waals surface area contributed by atoms with E-state index in [2.05, 4.69) is 32.1 Å². The zero-order valence-corrected chi connectivity index (χ0v) is 13.2. The molecule has 0 bridgehead atoms. The van der Waals surface area contributed by atoms with Crippen LogP contribution >= 0.6 is 0 Å². The Kier molecular flexibility index (Phi) is 4.40. The normalized spacial score (nSPS) is 17.0. The van der Waals surface area contributed by atoms with Gasteiger partial charge in [0.25, 0.3) is 0 Å². The lowest BCUT2D eigenvalue weighted by Crippen LogP contribution is -2.45. The van der Waals surface area contributed by atoms with Gasteiger partial charge in [-0.1, -0.05) is 6.07 Å². The van der Waals surface area contributed by atoms with E-state index in [0.29, 0.717) is 12.4 Å². The van der Waals surface area contributed by atoms with E-state index in [4.69, 9.17) is 0 Å². The van der Waals surface area contributed by atoms with Crippen molar-refractivity contribution >= 4 is 22.9 Å². The molecule has 1 aliphatic heterocycles. The molecular formula is C16H23N5O. The summed E-state index contributed by atoms with van der Waals surface area (Å²) in [6.45, 7) is 7.06. The third-order valence-electron chi connectivity index (χ3n) is 4.15. The summed E-state index contributed by atoms with van der Waals surface area (Å²) in [5.74, 6) is 0.540. The van der Waals surface area contributed by atoms with Crippen molar-refractivity contribution in [2.24, 2.45) is 0 Å². The number of fused-ring (bicyclic) bond motifs is 1. The molecule has 0 spiro atoms. The number of anilines is 1. The van der Waals surface area contributed by atoms with Crippen molar-refractivity contribution in [1.29, 1.82) is 0 Å². The maximum absolute atomic E-state index is 12.1. The molecule has 3 rings (SSSR count). The molecule has 1 aliphatic rings. The molecule has 6 heteroatoms. The second kappa shape index (κ2) is 6.46. The Morgan fingerprint density at radius 3 is 2.86 bits per heavy atom. The van der Waals surface area contributed by atoms with Crippen LogP contribution in [0, 0.1) is 6.92 Å². The molecule has 0 atom stereocenters. The Balaban J connectivity index is 1.52. The van der Waals surface area contributed by atoms with Crippen LogP contribution in [0.3, 0.4) is 0 Å². The summed E-state index contributed by atoms with van der Waals surface area (Å²) in [6, 6.07) is 6.01. The summed E-state index contributed by atoms with van der Waals surface area (Å²) < 4.78 is 0. The number of nitrogens with zero attached hydrogens (tertiary/aromatic N) is 3. The smallest absolute Gasteiger partial charge is 0.227 e. The number of nitrogens with one attached hydrogen (secondary N) is 2. The predicted molar refractivity (Wildman–Crippen MR) is 88.0 cm³/mol. The number of hydrogen-bond acceptors (Lipinski definition) is 4. The van der Waals surface area contributed by atoms with Crippen LogP contribution in [-0.2, 0) is 4.79 Å². The molecule has 22 heavy (non-hydrogen) atoms. The Morgan fingerprint density at radius 1 is 1.32 bits per heavy atom. The molecule has 0 unspecified atom stereocenters. The topological polar surface area (TPSA) is 64.3 Å². The maximum Gasteiger partial charge on any atom is 0.227 e. The number of likely N-dealkylation sites (N-methyl/N-ethyl adjacent to an activating group) is 1. The average molecular weight is 301 g/mol. The summed E-state index contributed by atoms with van der Waals surface area (Å²) >= 11 is 0. The number of piperazine rings is 1. The van der Waals surface area contributed by atoms with Crippen LogP contribution in [-0.4, -0.2) is 65.4 Å².